The minimum absolute atomic E-state index is 0.0460. The molecule has 4 nitrogen and oxygen atoms in total. The van der Waals surface area contributed by atoms with Crippen LogP contribution < -0.4 is 10.6 Å². The molecule has 0 saturated heterocycles. The maximum absolute atomic E-state index is 12.1. The first-order chi connectivity index (χ1) is 11.6. The first-order valence-corrected chi connectivity index (χ1v) is 8.36. The highest BCUT2D eigenvalue weighted by atomic mass is 16.2. The van der Waals surface area contributed by atoms with Gasteiger partial charge < -0.3 is 10.6 Å². The Labute approximate surface area is 142 Å². The monoisotopic (exact) mass is 322 g/mol. The minimum atomic E-state index is -0.0757. The van der Waals surface area contributed by atoms with Crippen molar-refractivity contribution in [3.63, 3.8) is 0 Å². The molecule has 0 radical (unpaired) electrons. The van der Waals surface area contributed by atoms with Gasteiger partial charge in [0.05, 0.1) is 0 Å². The van der Waals surface area contributed by atoms with Gasteiger partial charge in [-0.15, -0.1) is 0 Å². The predicted octanol–water partition coefficient (Wildman–Crippen LogP) is 3.46. The van der Waals surface area contributed by atoms with E-state index in [1.165, 1.54) is 5.56 Å². The van der Waals surface area contributed by atoms with Crippen LogP contribution in [-0.2, 0) is 11.2 Å². The van der Waals surface area contributed by atoms with Crippen LogP contribution in [-0.4, -0.2) is 17.9 Å². The molecule has 0 aliphatic heterocycles. The van der Waals surface area contributed by atoms with Crippen LogP contribution in [0.2, 0.25) is 0 Å². The first-order valence-electron chi connectivity index (χ1n) is 8.36. The summed E-state index contributed by atoms with van der Waals surface area (Å²) in [7, 11) is 0. The smallest absolute Gasteiger partial charge is 0.251 e. The van der Waals surface area contributed by atoms with Crippen molar-refractivity contribution in [2.45, 2.75) is 38.6 Å². The minimum Gasteiger partial charge on any atom is -0.349 e. The fraction of sp³-hybridized carbons (Fsp3) is 0.300. The van der Waals surface area contributed by atoms with E-state index in [0.717, 1.165) is 18.4 Å². The van der Waals surface area contributed by atoms with Crippen LogP contribution in [0.4, 0.5) is 5.69 Å². The second kappa shape index (κ2) is 7.30. The number of rotatable bonds is 6. The molecule has 24 heavy (non-hydrogen) atoms. The summed E-state index contributed by atoms with van der Waals surface area (Å²) < 4.78 is 0. The van der Waals surface area contributed by atoms with E-state index in [4.69, 9.17) is 0 Å². The average Bonchev–Trinajstić information content (AvgIpc) is 3.38. The van der Waals surface area contributed by atoms with E-state index in [2.05, 4.69) is 22.8 Å². The molecule has 1 aliphatic rings. The zero-order chi connectivity index (χ0) is 16.9. The van der Waals surface area contributed by atoms with Gasteiger partial charge in [-0.05, 0) is 49.9 Å². The largest absolute Gasteiger partial charge is 0.349 e. The number of benzene rings is 2. The lowest BCUT2D eigenvalue weighted by Gasteiger charge is -2.08. The van der Waals surface area contributed by atoms with Gasteiger partial charge in [0.2, 0.25) is 5.91 Å². The Hall–Kier alpha value is -2.62. The van der Waals surface area contributed by atoms with E-state index in [0.29, 0.717) is 30.1 Å². The quantitative estimate of drug-likeness (QED) is 0.855. The number of nitrogens with one attached hydrogen (secondary N) is 2. The summed E-state index contributed by atoms with van der Waals surface area (Å²) in [6.07, 6.45) is 3.23. The topological polar surface area (TPSA) is 58.2 Å². The summed E-state index contributed by atoms with van der Waals surface area (Å²) >= 11 is 0. The molecule has 1 fully saturated rings. The zero-order valence-electron chi connectivity index (χ0n) is 13.8. The van der Waals surface area contributed by atoms with E-state index in [1.807, 2.05) is 19.1 Å². The standard InChI is InChI=1S/C20H22N2O2/c1-14-5-7-15(8-6-14)9-12-19(23)21-18-4-2-3-16(13-18)20(24)22-17-10-11-17/h2-8,13,17H,9-12H2,1H3,(H,21,23)(H,22,24). The lowest BCUT2D eigenvalue weighted by atomic mass is 10.1. The summed E-state index contributed by atoms with van der Waals surface area (Å²) in [4.78, 5) is 24.2. The predicted molar refractivity (Wildman–Crippen MR) is 95.1 cm³/mol. The van der Waals surface area contributed by atoms with Crippen molar-refractivity contribution in [3.05, 3.63) is 65.2 Å². The van der Waals surface area contributed by atoms with Crippen LogP contribution in [0.5, 0.6) is 0 Å². The first kappa shape index (κ1) is 16.2. The summed E-state index contributed by atoms with van der Waals surface area (Å²) in [5, 5.41) is 5.82. The molecule has 2 amide bonds. The molecule has 2 N–H and O–H groups in total. The van der Waals surface area contributed by atoms with Crippen LogP contribution >= 0.6 is 0 Å². The molecule has 0 atom stereocenters. The highest BCUT2D eigenvalue weighted by Gasteiger charge is 2.23. The molecule has 124 valence electrons. The molecule has 0 bridgehead atoms. The number of amides is 2. The van der Waals surface area contributed by atoms with Crippen LogP contribution in [0.1, 0.15) is 40.7 Å². The summed E-state index contributed by atoms with van der Waals surface area (Å²) in [6, 6.07) is 15.6. The molecule has 1 aliphatic carbocycles. The van der Waals surface area contributed by atoms with Gasteiger partial charge in [0, 0.05) is 23.7 Å². The van der Waals surface area contributed by atoms with Crippen LogP contribution in [0.3, 0.4) is 0 Å². The van der Waals surface area contributed by atoms with Crippen molar-refractivity contribution in [1.29, 1.82) is 0 Å². The van der Waals surface area contributed by atoms with Crippen molar-refractivity contribution in [1.82, 2.24) is 5.32 Å². The highest BCUT2D eigenvalue weighted by Crippen LogP contribution is 2.20. The third-order valence-corrected chi connectivity index (χ3v) is 4.08. The number of hydrogen-bond donors (Lipinski definition) is 2. The van der Waals surface area contributed by atoms with Crippen LogP contribution in [0.25, 0.3) is 0 Å². The number of aryl methyl sites for hydroxylation is 2. The van der Waals surface area contributed by atoms with Crippen LogP contribution in [0, 0.1) is 6.92 Å². The molecule has 4 heteroatoms. The average molecular weight is 322 g/mol. The van der Waals surface area contributed by atoms with E-state index >= 15 is 0 Å². The van der Waals surface area contributed by atoms with E-state index in [1.54, 1.807) is 24.3 Å². The lowest BCUT2D eigenvalue weighted by Crippen LogP contribution is -2.25. The third kappa shape index (κ3) is 4.69. The Kier molecular flexibility index (Phi) is 4.94. The van der Waals surface area contributed by atoms with Crippen molar-refractivity contribution in [2.24, 2.45) is 0 Å². The van der Waals surface area contributed by atoms with Gasteiger partial charge in [0.15, 0.2) is 0 Å². The van der Waals surface area contributed by atoms with Crippen molar-refractivity contribution >= 4 is 17.5 Å². The fourth-order valence-corrected chi connectivity index (χ4v) is 2.47. The molecular formula is C20H22N2O2. The zero-order valence-corrected chi connectivity index (χ0v) is 13.8. The molecule has 3 rings (SSSR count). The van der Waals surface area contributed by atoms with Gasteiger partial charge in [-0.1, -0.05) is 35.9 Å². The Bertz CT molecular complexity index is 734. The van der Waals surface area contributed by atoms with E-state index in [-0.39, 0.29) is 11.8 Å². The van der Waals surface area contributed by atoms with Gasteiger partial charge in [0.1, 0.15) is 0 Å². The number of anilines is 1. The van der Waals surface area contributed by atoms with Gasteiger partial charge in [-0.3, -0.25) is 9.59 Å². The Morgan fingerprint density at radius 1 is 1.08 bits per heavy atom. The van der Waals surface area contributed by atoms with Crippen molar-refractivity contribution in [2.75, 3.05) is 5.32 Å². The van der Waals surface area contributed by atoms with E-state index < -0.39 is 0 Å². The molecule has 2 aromatic carbocycles. The van der Waals surface area contributed by atoms with Crippen molar-refractivity contribution in [3.8, 4) is 0 Å². The van der Waals surface area contributed by atoms with Gasteiger partial charge >= 0.3 is 0 Å². The van der Waals surface area contributed by atoms with Crippen molar-refractivity contribution < 1.29 is 9.59 Å². The van der Waals surface area contributed by atoms with Crippen LogP contribution in [0.15, 0.2) is 48.5 Å². The third-order valence-electron chi connectivity index (χ3n) is 4.08. The second-order valence-corrected chi connectivity index (χ2v) is 6.36. The Morgan fingerprint density at radius 3 is 2.54 bits per heavy atom. The summed E-state index contributed by atoms with van der Waals surface area (Å²) in [5.41, 5.74) is 3.60. The number of carbonyl (C=O) groups is 2. The summed E-state index contributed by atoms with van der Waals surface area (Å²) in [5.74, 6) is -0.122. The SMILES string of the molecule is Cc1ccc(CCC(=O)Nc2cccc(C(=O)NC3CC3)c2)cc1. The number of carbonyl (C=O) groups excluding carboxylic acids is 2. The maximum Gasteiger partial charge on any atom is 0.251 e. The lowest BCUT2D eigenvalue weighted by molar-refractivity contribution is -0.116. The summed E-state index contributed by atoms with van der Waals surface area (Å²) in [6.45, 7) is 2.04. The molecule has 1 saturated carbocycles. The molecular weight excluding hydrogens is 300 g/mol. The molecule has 0 unspecified atom stereocenters. The Morgan fingerprint density at radius 2 is 1.83 bits per heavy atom. The Balaban J connectivity index is 1.53. The van der Waals surface area contributed by atoms with Gasteiger partial charge in [-0.2, -0.15) is 0 Å². The van der Waals surface area contributed by atoms with Gasteiger partial charge in [-0.25, -0.2) is 0 Å². The molecule has 0 heterocycles. The molecule has 0 aromatic heterocycles. The number of hydrogen-bond acceptors (Lipinski definition) is 2. The van der Waals surface area contributed by atoms with Gasteiger partial charge in [0.25, 0.3) is 5.91 Å². The highest BCUT2D eigenvalue weighted by molar-refractivity contribution is 5.97. The molecule has 2 aromatic rings. The normalized spacial score (nSPS) is 13.4. The maximum atomic E-state index is 12.1. The van der Waals surface area contributed by atoms with E-state index in [9.17, 15) is 9.59 Å². The molecule has 0 spiro atoms. The fourth-order valence-electron chi connectivity index (χ4n) is 2.47. The second-order valence-electron chi connectivity index (χ2n) is 6.36.